The van der Waals surface area contributed by atoms with Crippen LogP contribution < -0.4 is 4.74 Å². The number of nitrogens with zero attached hydrogens (tertiary/aromatic N) is 4. The predicted molar refractivity (Wildman–Crippen MR) is 96.4 cm³/mol. The summed E-state index contributed by atoms with van der Waals surface area (Å²) in [5.41, 5.74) is 6.06. The number of hydrogen-bond acceptors (Lipinski definition) is 4. The summed E-state index contributed by atoms with van der Waals surface area (Å²) in [7, 11) is 2.12. The molecule has 0 bridgehead atoms. The van der Waals surface area contributed by atoms with Gasteiger partial charge in [0.2, 0.25) is 0 Å². The molecule has 0 aliphatic carbocycles. The van der Waals surface area contributed by atoms with Crippen LogP contribution in [0.2, 0.25) is 0 Å². The standard InChI is InChI=1S/C20H19FN4O/c1-24-9-10-25-17(12-24)18(15-6-8-22-16-7-11-26-20(15)16)19(23-25)13-2-4-14(21)5-3-13/h2-6,8H,7,9-12H2,1H3. The second-order valence-corrected chi connectivity index (χ2v) is 6.87. The molecule has 0 fully saturated rings. The van der Waals surface area contributed by atoms with Gasteiger partial charge in [0, 0.05) is 42.4 Å². The Hall–Kier alpha value is -2.73. The average molecular weight is 350 g/mol. The summed E-state index contributed by atoms with van der Waals surface area (Å²) in [6, 6.07) is 8.55. The molecule has 0 saturated carbocycles. The van der Waals surface area contributed by atoms with Gasteiger partial charge in [0.1, 0.15) is 17.3 Å². The minimum atomic E-state index is -0.243. The third kappa shape index (κ3) is 2.41. The van der Waals surface area contributed by atoms with E-state index in [1.807, 2.05) is 12.3 Å². The van der Waals surface area contributed by atoms with E-state index in [0.717, 1.165) is 59.9 Å². The summed E-state index contributed by atoms with van der Waals surface area (Å²) >= 11 is 0. The normalized spacial score (nSPS) is 16.2. The average Bonchev–Trinajstić information content (AvgIpc) is 3.26. The Morgan fingerprint density at radius 2 is 1.96 bits per heavy atom. The molecule has 6 heteroatoms. The maximum Gasteiger partial charge on any atom is 0.148 e. The Kier molecular flexibility index (Phi) is 3.53. The fourth-order valence-electron chi connectivity index (χ4n) is 3.81. The summed E-state index contributed by atoms with van der Waals surface area (Å²) in [6.07, 6.45) is 2.67. The minimum absolute atomic E-state index is 0.243. The highest BCUT2D eigenvalue weighted by Crippen LogP contribution is 2.43. The van der Waals surface area contributed by atoms with Gasteiger partial charge in [-0.3, -0.25) is 14.6 Å². The van der Waals surface area contributed by atoms with E-state index in [4.69, 9.17) is 9.84 Å². The SMILES string of the molecule is CN1CCn2nc(-c3ccc(F)cc3)c(-c3ccnc4c3OCC4)c2C1. The molecule has 0 unspecified atom stereocenters. The molecule has 0 saturated heterocycles. The van der Waals surface area contributed by atoms with Gasteiger partial charge in [-0.25, -0.2) is 4.39 Å². The van der Waals surface area contributed by atoms with E-state index in [1.54, 1.807) is 12.1 Å². The summed E-state index contributed by atoms with van der Waals surface area (Å²) in [5, 5.41) is 4.88. The van der Waals surface area contributed by atoms with Crippen molar-refractivity contribution in [2.45, 2.75) is 19.5 Å². The third-order valence-corrected chi connectivity index (χ3v) is 5.12. The van der Waals surface area contributed by atoms with Gasteiger partial charge in [-0.1, -0.05) is 0 Å². The fourth-order valence-corrected chi connectivity index (χ4v) is 3.81. The molecular weight excluding hydrogens is 331 g/mol. The molecule has 1 aromatic carbocycles. The first kappa shape index (κ1) is 15.5. The Morgan fingerprint density at radius 3 is 2.81 bits per heavy atom. The van der Waals surface area contributed by atoms with Gasteiger partial charge in [-0.05, 0) is 37.4 Å². The lowest BCUT2D eigenvalue weighted by Crippen LogP contribution is -2.30. The van der Waals surface area contributed by atoms with Crippen LogP contribution in [0.1, 0.15) is 11.4 Å². The van der Waals surface area contributed by atoms with E-state index >= 15 is 0 Å². The lowest BCUT2D eigenvalue weighted by Gasteiger charge is -2.24. The van der Waals surface area contributed by atoms with Crippen molar-refractivity contribution in [1.82, 2.24) is 19.7 Å². The molecule has 5 nitrogen and oxygen atoms in total. The topological polar surface area (TPSA) is 43.2 Å². The van der Waals surface area contributed by atoms with Crippen molar-refractivity contribution in [3.63, 3.8) is 0 Å². The zero-order valence-corrected chi connectivity index (χ0v) is 14.6. The molecule has 0 radical (unpaired) electrons. The number of hydrogen-bond donors (Lipinski definition) is 0. The Morgan fingerprint density at radius 1 is 1.12 bits per heavy atom. The first-order valence-corrected chi connectivity index (χ1v) is 8.86. The molecule has 0 spiro atoms. The highest BCUT2D eigenvalue weighted by molar-refractivity contribution is 5.86. The maximum absolute atomic E-state index is 13.4. The first-order chi connectivity index (χ1) is 12.7. The molecule has 0 N–H and O–H groups in total. The molecule has 2 aliphatic heterocycles. The van der Waals surface area contributed by atoms with Crippen LogP contribution in [-0.2, 0) is 19.5 Å². The second kappa shape index (κ2) is 5.92. The maximum atomic E-state index is 13.4. The molecule has 26 heavy (non-hydrogen) atoms. The number of likely N-dealkylation sites (N-methyl/N-ethyl adjacent to an activating group) is 1. The van der Waals surface area contributed by atoms with Crippen LogP contribution in [0.5, 0.6) is 5.75 Å². The van der Waals surface area contributed by atoms with Gasteiger partial charge in [-0.15, -0.1) is 0 Å². The van der Waals surface area contributed by atoms with E-state index in [1.165, 1.54) is 17.8 Å². The highest BCUT2D eigenvalue weighted by atomic mass is 19.1. The molecule has 4 heterocycles. The zero-order chi connectivity index (χ0) is 17.7. The van der Waals surface area contributed by atoms with Gasteiger partial charge >= 0.3 is 0 Å². The van der Waals surface area contributed by atoms with Crippen LogP contribution in [0.4, 0.5) is 4.39 Å². The van der Waals surface area contributed by atoms with Gasteiger partial charge < -0.3 is 4.74 Å². The minimum Gasteiger partial charge on any atom is -0.491 e. The van der Waals surface area contributed by atoms with E-state index < -0.39 is 0 Å². The molecule has 3 aromatic rings. The van der Waals surface area contributed by atoms with E-state index in [-0.39, 0.29) is 5.82 Å². The van der Waals surface area contributed by atoms with E-state index in [2.05, 4.69) is 21.6 Å². The van der Waals surface area contributed by atoms with Crippen LogP contribution in [0.15, 0.2) is 36.5 Å². The van der Waals surface area contributed by atoms with E-state index in [0.29, 0.717) is 6.61 Å². The Balaban J connectivity index is 1.76. The summed E-state index contributed by atoms with van der Waals surface area (Å²) in [5.74, 6) is 0.618. The first-order valence-electron chi connectivity index (χ1n) is 8.86. The van der Waals surface area contributed by atoms with Crippen molar-refractivity contribution >= 4 is 0 Å². The van der Waals surface area contributed by atoms with Crippen molar-refractivity contribution in [1.29, 1.82) is 0 Å². The molecule has 0 amide bonds. The number of aromatic nitrogens is 3. The summed E-state index contributed by atoms with van der Waals surface area (Å²) < 4.78 is 21.4. The van der Waals surface area contributed by atoms with Crippen LogP contribution in [0, 0.1) is 5.82 Å². The molecule has 2 aliphatic rings. The summed E-state index contributed by atoms with van der Waals surface area (Å²) in [4.78, 5) is 6.75. The number of ether oxygens (including phenoxy) is 1. The largest absolute Gasteiger partial charge is 0.491 e. The molecule has 5 rings (SSSR count). The lowest BCUT2D eigenvalue weighted by atomic mass is 9.97. The summed E-state index contributed by atoms with van der Waals surface area (Å²) in [6.45, 7) is 3.28. The quantitative estimate of drug-likeness (QED) is 0.712. The van der Waals surface area contributed by atoms with Crippen molar-refractivity contribution in [3.8, 4) is 28.1 Å². The van der Waals surface area contributed by atoms with Crippen molar-refractivity contribution in [2.75, 3.05) is 20.2 Å². The molecule has 132 valence electrons. The number of fused-ring (bicyclic) bond motifs is 2. The van der Waals surface area contributed by atoms with Crippen molar-refractivity contribution in [3.05, 3.63) is 53.7 Å². The fraction of sp³-hybridized carbons (Fsp3) is 0.300. The van der Waals surface area contributed by atoms with Crippen LogP contribution in [-0.4, -0.2) is 39.9 Å². The third-order valence-electron chi connectivity index (χ3n) is 5.12. The smallest absolute Gasteiger partial charge is 0.148 e. The number of halogens is 1. The second-order valence-electron chi connectivity index (χ2n) is 6.87. The number of pyridine rings is 1. The molecule has 2 aromatic heterocycles. The van der Waals surface area contributed by atoms with Crippen LogP contribution in [0.25, 0.3) is 22.4 Å². The molecular formula is C20H19FN4O. The van der Waals surface area contributed by atoms with Crippen LogP contribution >= 0.6 is 0 Å². The van der Waals surface area contributed by atoms with Gasteiger partial charge in [0.25, 0.3) is 0 Å². The number of benzene rings is 1. The zero-order valence-electron chi connectivity index (χ0n) is 14.6. The Bertz CT molecular complexity index is 980. The van der Waals surface area contributed by atoms with Crippen LogP contribution in [0.3, 0.4) is 0 Å². The number of rotatable bonds is 2. The van der Waals surface area contributed by atoms with Gasteiger partial charge in [0.15, 0.2) is 0 Å². The Labute approximate surface area is 151 Å². The highest BCUT2D eigenvalue weighted by Gasteiger charge is 2.28. The van der Waals surface area contributed by atoms with Gasteiger partial charge in [0.05, 0.1) is 24.5 Å². The van der Waals surface area contributed by atoms with E-state index in [9.17, 15) is 4.39 Å². The predicted octanol–water partition coefficient (Wildman–Crippen LogP) is 3.13. The van der Waals surface area contributed by atoms with Crippen molar-refractivity contribution < 1.29 is 9.13 Å². The van der Waals surface area contributed by atoms with Crippen molar-refractivity contribution in [2.24, 2.45) is 0 Å². The molecule has 0 atom stereocenters. The van der Waals surface area contributed by atoms with Gasteiger partial charge in [-0.2, -0.15) is 5.10 Å². The lowest BCUT2D eigenvalue weighted by molar-refractivity contribution is 0.259. The monoisotopic (exact) mass is 350 g/mol.